The first-order chi connectivity index (χ1) is 7.06. The fourth-order valence-corrected chi connectivity index (χ4v) is 2.65. The molecule has 0 fully saturated rings. The van der Waals surface area contributed by atoms with Crippen LogP contribution >= 0.6 is 31.9 Å². The lowest BCUT2D eigenvalue weighted by atomic mass is 10.4. The van der Waals surface area contributed by atoms with Gasteiger partial charge in [-0.3, -0.25) is 0 Å². The van der Waals surface area contributed by atoms with Crippen LogP contribution in [0, 0.1) is 0 Å². The van der Waals surface area contributed by atoms with Crippen molar-refractivity contribution in [1.29, 1.82) is 0 Å². The van der Waals surface area contributed by atoms with Crippen molar-refractivity contribution in [3.8, 4) is 0 Å². The minimum Gasteiger partial charge on any atom is -0.210 e. The van der Waals surface area contributed by atoms with E-state index < -0.39 is 10.0 Å². The van der Waals surface area contributed by atoms with E-state index in [9.17, 15) is 8.42 Å². The quantitative estimate of drug-likeness (QED) is 0.821. The van der Waals surface area contributed by atoms with Crippen molar-refractivity contribution in [1.82, 2.24) is 4.72 Å². The van der Waals surface area contributed by atoms with Gasteiger partial charge in [0.25, 0.3) is 0 Å². The fourth-order valence-electron chi connectivity index (χ4n) is 0.938. The van der Waals surface area contributed by atoms with Crippen LogP contribution in [0.15, 0.2) is 35.2 Å². The van der Waals surface area contributed by atoms with Crippen LogP contribution in [0.25, 0.3) is 0 Å². The lowest BCUT2D eigenvalue weighted by molar-refractivity contribution is 0.582. The maximum absolute atomic E-state index is 11.7. The number of hydrogen-bond donors (Lipinski definition) is 1. The third kappa shape index (κ3) is 4.22. The average molecular weight is 357 g/mol. The Labute approximate surface area is 107 Å². The molecule has 1 aromatic carbocycles. The first kappa shape index (κ1) is 13.2. The van der Waals surface area contributed by atoms with Crippen LogP contribution in [0.3, 0.4) is 0 Å². The van der Waals surface area contributed by atoms with E-state index in [0.717, 1.165) is 0 Å². The molecule has 3 nitrogen and oxygen atoms in total. The van der Waals surface area contributed by atoms with E-state index in [1.165, 1.54) is 0 Å². The second-order valence-corrected chi connectivity index (χ2v) is 6.63. The molecule has 1 N–H and O–H groups in total. The van der Waals surface area contributed by atoms with Crippen molar-refractivity contribution < 1.29 is 8.42 Å². The highest BCUT2D eigenvalue weighted by Crippen LogP contribution is 2.08. The van der Waals surface area contributed by atoms with Crippen molar-refractivity contribution in [2.75, 3.05) is 11.9 Å². The summed E-state index contributed by atoms with van der Waals surface area (Å²) in [6, 6.07) is 8.32. The minimum absolute atomic E-state index is 0.0935. The van der Waals surface area contributed by atoms with Gasteiger partial charge in [0.05, 0.1) is 4.90 Å². The highest BCUT2D eigenvalue weighted by atomic mass is 79.9. The second kappa shape index (κ2) is 5.98. The van der Waals surface area contributed by atoms with E-state index >= 15 is 0 Å². The maximum Gasteiger partial charge on any atom is 0.240 e. The van der Waals surface area contributed by atoms with Crippen LogP contribution in [0.4, 0.5) is 0 Å². The van der Waals surface area contributed by atoms with Crippen LogP contribution in [0.2, 0.25) is 0 Å². The molecule has 0 bridgehead atoms. The predicted molar refractivity (Wildman–Crippen MR) is 68.1 cm³/mol. The molecular formula is C9H11Br2NO2S. The Morgan fingerprint density at radius 1 is 1.27 bits per heavy atom. The summed E-state index contributed by atoms with van der Waals surface area (Å²) < 4.78 is 25.9. The van der Waals surface area contributed by atoms with Gasteiger partial charge in [0, 0.05) is 16.7 Å². The van der Waals surface area contributed by atoms with Gasteiger partial charge in [-0.25, -0.2) is 13.1 Å². The molecule has 0 saturated heterocycles. The van der Waals surface area contributed by atoms with Crippen LogP contribution < -0.4 is 4.72 Å². The van der Waals surface area contributed by atoms with Gasteiger partial charge >= 0.3 is 0 Å². The lowest BCUT2D eigenvalue weighted by Crippen LogP contribution is -2.30. The van der Waals surface area contributed by atoms with Crippen molar-refractivity contribution in [2.45, 2.75) is 9.72 Å². The number of alkyl halides is 2. The van der Waals surface area contributed by atoms with Gasteiger partial charge in [0.1, 0.15) is 0 Å². The molecule has 1 atom stereocenters. The standard InChI is InChI=1S/C9H11Br2NO2S/c10-6-8(11)7-12-15(13,14)9-4-2-1-3-5-9/h1-5,8,12H,6-7H2. The minimum atomic E-state index is -3.37. The first-order valence-corrected chi connectivity index (χ1v) is 7.83. The molecule has 0 spiro atoms. The lowest BCUT2D eigenvalue weighted by Gasteiger charge is -2.08. The molecule has 1 rings (SSSR count). The van der Waals surface area contributed by atoms with Crippen molar-refractivity contribution in [2.24, 2.45) is 0 Å². The summed E-state index contributed by atoms with van der Waals surface area (Å²) in [6.07, 6.45) is 0. The van der Waals surface area contributed by atoms with Crippen LogP contribution in [0.5, 0.6) is 0 Å². The van der Waals surface area contributed by atoms with E-state index in [4.69, 9.17) is 0 Å². The number of benzene rings is 1. The zero-order valence-corrected chi connectivity index (χ0v) is 11.8. The fraction of sp³-hybridized carbons (Fsp3) is 0.333. The SMILES string of the molecule is O=S(=O)(NCC(Br)CBr)c1ccccc1. The number of sulfonamides is 1. The molecule has 0 aromatic heterocycles. The van der Waals surface area contributed by atoms with E-state index in [2.05, 4.69) is 36.6 Å². The summed E-state index contributed by atoms with van der Waals surface area (Å²) in [5.74, 6) is 0. The van der Waals surface area contributed by atoms with Crippen molar-refractivity contribution >= 4 is 41.9 Å². The van der Waals surface area contributed by atoms with Crippen LogP contribution in [-0.4, -0.2) is 25.1 Å². The van der Waals surface area contributed by atoms with Crippen molar-refractivity contribution in [3.05, 3.63) is 30.3 Å². The van der Waals surface area contributed by atoms with E-state index in [-0.39, 0.29) is 4.83 Å². The van der Waals surface area contributed by atoms with Gasteiger partial charge in [-0.1, -0.05) is 50.1 Å². The smallest absolute Gasteiger partial charge is 0.210 e. The molecule has 0 aliphatic carbocycles. The Bertz CT molecular complexity index is 394. The maximum atomic E-state index is 11.7. The molecule has 0 saturated carbocycles. The molecule has 0 amide bonds. The summed E-state index contributed by atoms with van der Waals surface area (Å²) in [6.45, 7) is 0.364. The van der Waals surface area contributed by atoms with Crippen LogP contribution in [-0.2, 0) is 10.0 Å². The van der Waals surface area contributed by atoms with Crippen molar-refractivity contribution in [3.63, 3.8) is 0 Å². The number of nitrogens with one attached hydrogen (secondary N) is 1. The molecule has 1 unspecified atom stereocenters. The zero-order valence-electron chi connectivity index (χ0n) is 7.86. The summed E-state index contributed by atoms with van der Waals surface area (Å²) >= 11 is 6.59. The Morgan fingerprint density at radius 3 is 2.40 bits per heavy atom. The molecule has 15 heavy (non-hydrogen) atoms. The van der Waals surface area contributed by atoms with Gasteiger partial charge in [0.2, 0.25) is 10.0 Å². The largest absolute Gasteiger partial charge is 0.240 e. The molecule has 1 aromatic rings. The highest BCUT2D eigenvalue weighted by molar-refractivity contribution is 9.12. The number of halogens is 2. The van der Waals surface area contributed by atoms with E-state index in [1.807, 2.05) is 0 Å². The average Bonchev–Trinajstić information content (AvgIpc) is 2.27. The zero-order chi connectivity index (χ0) is 11.3. The monoisotopic (exact) mass is 355 g/mol. The molecule has 0 aliphatic rings. The summed E-state index contributed by atoms with van der Waals surface area (Å²) in [5.41, 5.74) is 0. The van der Waals surface area contributed by atoms with Gasteiger partial charge in [-0.2, -0.15) is 0 Å². The Kier molecular flexibility index (Phi) is 5.25. The Hall–Kier alpha value is 0.0900. The summed E-state index contributed by atoms with van der Waals surface area (Å²) in [5, 5.41) is 0.699. The Morgan fingerprint density at radius 2 is 1.87 bits per heavy atom. The first-order valence-electron chi connectivity index (χ1n) is 4.31. The molecule has 0 aliphatic heterocycles. The van der Waals surface area contributed by atoms with Gasteiger partial charge < -0.3 is 0 Å². The van der Waals surface area contributed by atoms with Gasteiger partial charge in [0.15, 0.2) is 0 Å². The Balaban J connectivity index is 2.69. The van der Waals surface area contributed by atoms with Gasteiger partial charge in [-0.15, -0.1) is 0 Å². The summed E-state index contributed by atoms with van der Waals surface area (Å²) in [4.78, 5) is 0.384. The second-order valence-electron chi connectivity index (χ2n) is 2.92. The van der Waals surface area contributed by atoms with Gasteiger partial charge in [-0.05, 0) is 12.1 Å². The normalized spacial score (nSPS) is 13.7. The molecule has 0 radical (unpaired) electrons. The number of hydrogen-bond acceptors (Lipinski definition) is 2. The third-order valence-corrected chi connectivity index (χ3v) is 5.45. The highest BCUT2D eigenvalue weighted by Gasteiger charge is 2.14. The molecule has 84 valence electrons. The molecular weight excluding hydrogens is 346 g/mol. The van der Waals surface area contributed by atoms with E-state index in [1.54, 1.807) is 30.3 Å². The summed E-state index contributed by atoms with van der Waals surface area (Å²) in [7, 11) is -3.37. The van der Waals surface area contributed by atoms with Crippen LogP contribution in [0.1, 0.15) is 0 Å². The third-order valence-electron chi connectivity index (χ3n) is 1.72. The molecule has 6 heteroatoms. The predicted octanol–water partition coefficient (Wildman–Crippen LogP) is 2.12. The van der Waals surface area contributed by atoms with E-state index in [0.29, 0.717) is 16.8 Å². The molecule has 0 heterocycles. The number of rotatable bonds is 5. The topological polar surface area (TPSA) is 46.2 Å².